The third-order valence-corrected chi connectivity index (χ3v) is 4.55. The second-order valence-electron chi connectivity index (χ2n) is 6.29. The number of pyridine rings is 2. The summed E-state index contributed by atoms with van der Waals surface area (Å²) in [5.41, 5.74) is 14.3. The largest absolute Gasteiger partial charge is 0.489 e. The number of aromatic nitrogens is 2. The lowest BCUT2D eigenvalue weighted by Gasteiger charge is -2.11. The first kappa shape index (κ1) is 24.5. The van der Waals surface area contributed by atoms with Crippen molar-refractivity contribution in [3.63, 3.8) is 0 Å². The first-order valence-corrected chi connectivity index (χ1v) is 11.4. The summed E-state index contributed by atoms with van der Waals surface area (Å²) in [6, 6.07) is 8.63. The molecule has 1 aromatic carbocycles. The summed E-state index contributed by atoms with van der Waals surface area (Å²) in [6.07, 6.45) is 12.1. The van der Waals surface area contributed by atoms with E-state index in [1.165, 1.54) is 12.4 Å². The Morgan fingerprint density at radius 2 is 1.77 bits per heavy atom. The minimum atomic E-state index is 0.170. The van der Waals surface area contributed by atoms with Crippen molar-refractivity contribution in [3.8, 4) is 5.75 Å². The number of hydrogen-bond donors (Lipinski definition) is 3. The summed E-state index contributed by atoms with van der Waals surface area (Å²) in [5.74, 6) is 0.983. The third kappa shape index (κ3) is 7.47. The van der Waals surface area contributed by atoms with Gasteiger partial charge in [-0.15, -0.1) is 0 Å². The normalized spacial score (nSPS) is 10.5. The lowest BCUT2D eigenvalue weighted by molar-refractivity contribution is 0.306. The number of nitrogen functional groups attached to an aromatic ring is 2. The van der Waals surface area contributed by atoms with Crippen LogP contribution in [0, 0.1) is 5.41 Å². The number of anilines is 2. The van der Waals surface area contributed by atoms with E-state index < -0.39 is 0 Å². The zero-order valence-corrected chi connectivity index (χ0v) is 19.4. The van der Waals surface area contributed by atoms with E-state index in [0.29, 0.717) is 38.4 Å². The molecule has 0 fully saturated rings. The smallest absolute Gasteiger partial charge is 0.123 e. The predicted octanol–water partition coefficient (Wildman–Crippen LogP) is 5.59. The number of halogens is 2. The van der Waals surface area contributed by atoms with Crippen molar-refractivity contribution in [3.05, 3.63) is 81.7 Å². The number of allylic oxidation sites excluding steroid dienone is 1. The second kappa shape index (κ2) is 12.2. The summed E-state index contributed by atoms with van der Waals surface area (Å²) in [7, 11) is 0. The highest BCUT2D eigenvalue weighted by Gasteiger charge is 2.09. The highest BCUT2D eigenvalue weighted by Crippen LogP contribution is 2.26. The van der Waals surface area contributed by atoms with Crippen molar-refractivity contribution in [1.29, 1.82) is 5.41 Å². The van der Waals surface area contributed by atoms with Crippen molar-refractivity contribution >= 4 is 58.3 Å². The second-order valence-corrected chi connectivity index (χ2v) is 7.92. The van der Waals surface area contributed by atoms with Crippen LogP contribution in [0.4, 0.5) is 11.5 Å². The van der Waals surface area contributed by atoms with Crippen LogP contribution in [0.15, 0.2) is 55.0 Å². The van der Waals surface area contributed by atoms with Gasteiger partial charge in [-0.2, -0.15) is 11.8 Å². The average molecular weight is 476 g/mol. The molecule has 2 heterocycles. The van der Waals surface area contributed by atoms with E-state index >= 15 is 0 Å². The first-order valence-electron chi connectivity index (χ1n) is 9.04. The van der Waals surface area contributed by atoms with E-state index in [0.717, 1.165) is 5.56 Å². The van der Waals surface area contributed by atoms with Crippen LogP contribution in [-0.4, -0.2) is 28.2 Å². The molecular formula is C22H23Cl2N5OS. The van der Waals surface area contributed by atoms with Crippen LogP contribution in [0.25, 0.3) is 6.08 Å². The van der Waals surface area contributed by atoms with Gasteiger partial charge >= 0.3 is 0 Å². The fourth-order valence-electron chi connectivity index (χ4n) is 2.37. The Balaban J connectivity index is 0.00000107. The number of benzene rings is 1. The number of nitrogens with zero attached hydrogens (tertiary/aromatic N) is 2. The van der Waals surface area contributed by atoms with E-state index in [2.05, 4.69) is 9.97 Å². The Labute approximate surface area is 196 Å². The average Bonchev–Trinajstić information content (AvgIpc) is 2.74. The Hall–Kier alpha value is -2.74. The zero-order valence-electron chi connectivity index (χ0n) is 17.1. The van der Waals surface area contributed by atoms with Gasteiger partial charge in [0.25, 0.3) is 0 Å². The number of ether oxygens (including phenoxy) is 1. The van der Waals surface area contributed by atoms with Crippen LogP contribution in [0.5, 0.6) is 5.75 Å². The molecule has 3 rings (SSSR count). The van der Waals surface area contributed by atoms with E-state index in [-0.39, 0.29) is 12.3 Å². The molecule has 0 aliphatic rings. The Morgan fingerprint density at radius 1 is 1.10 bits per heavy atom. The molecule has 0 bridgehead atoms. The molecule has 3 aromatic rings. The van der Waals surface area contributed by atoms with Gasteiger partial charge < -0.3 is 21.6 Å². The maximum Gasteiger partial charge on any atom is 0.123 e. The topological polar surface area (TPSA) is 111 Å². The van der Waals surface area contributed by atoms with Gasteiger partial charge in [-0.05, 0) is 54.5 Å². The quantitative estimate of drug-likeness (QED) is 0.316. The van der Waals surface area contributed by atoms with Crippen molar-refractivity contribution in [2.75, 3.05) is 24.0 Å². The highest BCUT2D eigenvalue weighted by molar-refractivity contribution is 7.97. The summed E-state index contributed by atoms with van der Waals surface area (Å²) in [4.78, 5) is 7.93. The Kier molecular flexibility index (Phi) is 9.65. The van der Waals surface area contributed by atoms with Crippen LogP contribution in [0.3, 0.4) is 0 Å². The molecule has 0 aliphatic carbocycles. The Bertz CT molecular complexity index is 1040. The summed E-state index contributed by atoms with van der Waals surface area (Å²) >= 11 is 14.0. The molecule has 5 N–H and O–H groups in total. The number of nitrogens with one attached hydrogen (secondary N) is 1. The van der Waals surface area contributed by atoms with Crippen LogP contribution < -0.4 is 16.2 Å². The van der Waals surface area contributed by atoms with Crippen molar-refractivity contribution in [2.45, 2.75) is 6.61 Å². The van der Waals surface area contributed by atoms with E-state index in [1.54, 1.807) is 54.4 Å². The van der Waals surface area contributed by atoms with Gasteiger partial charge in [0.1, 0.15) is 18.2 Å². The molecule has 0 radical (unpaired) electrons. The van der Waals surface area contributed by atoms with Gasteiger partial charge in [-0.25, -0.2) is 4.98 Å². The van der Waals surface area contributed by atoms with Crippen molar-refractivity contribution in [2.24, 2.45) is 0 Å². The Morgan fingerprint density at radius 3 is 2.39 bits per heavy atom. The minimum Gasteiger partial charge on any atom is -0.489 e. The molecule has 9 heteroatoms. The van der Waals surface area contributed by atoms with E-state index in [9.17, 15) is 0 Å². The fraction of sp³-hybridized carbons (Fsp3) is 0.136. The lowest BCUT2D eigenvalue weighted by atomic mass is 10.1. The monoisotopic (exact) mass is 475 g/mol. The molecule has 31 heavy (non-hydrogen) atoms. The SMILES string of the molecule is CSC.N=C(/C=C/c1ccc(N)nc1)c1cc(OCc2c(Cl)cncc2Cl)ccc1N. The number of rotatable bonds is 6. The third-order valence-electron chi connectivity index (χ3n) is 3.90. The van der Waals surface area contributed by atoms with Gasteiger partial charge in [-0.3, -0.25) is 4.98 Å². The van der Waals surface area contributed by atoms with Crippen LogP contribution in [0.2, 0.25) is 10.0 Å². The van der Waals surface area contributed by atoms with Crippen LogP contribution >= 0.6 is 35.0 Å². The highest BCUT2D eigenvalue weighted by atomic mass is 35.5. The van der Waals surface area contributed by atoms with Gasteiger partial charge in [0.2, 0.25) is 0 Å². The standard InChI is InChI=1S/C20H17Cl2N5O.C2H6S/c21-16-9-26-10-17(22)15(16)11-28-13-3-5-19(24)14(7-13)18(23)4-1-12-2-6-20(25)27-8-12;1-3-2/h1-10,23H,11,24H2,(H2,25,27);1-2H3/b4-1+,23-18?;. The molecule has 2 aromatic heterocycles. The molecular weight excluding hydrogens is 453 g/mol. The van der Waals surface area contributed by atoms with Gasteiger partial charge in [-0.1, -0.05) is 29.3 Å². The molecule has 6 nitrogen and oxygen atoms in total. The molecule has 0 atom stereocenters. The number of hydrogen-bond acceptors (Lipinski definition) is 7. The van der Waals surface area contributed by atoms with Gasteiger partial charge in [0, 0.05) is 35.4 Å². The van der Waals surface area contributed by atoms with E-state index in [4.69, 9.17) is 44.8 Å². The minimum absolute atomic E-state index is 0.170. The van der Waals surface area contributed by atoms with E-state index in [1.807, 2.05) is 18.6 Å². The van der Waals surface area contributed by atoms with Crippen LogP contribution in [-0.2, 0) is 6.61 Å². The summed E-state index contributed by atoms with van der Waals surface area (Å²) in [6.45, 7) is 0.170. The maximum atomic E-state index is 8.31. The summed E-state index contributed by atoms with van der Waals surface area (Å²) < 4.78 is 5.78. The van der Waals surface area contributed by atoms with Crippen molar-refractivity contribution in [1.82, 2.24) is 9.97 Å². The fourth-order valence-corrected chi connectivity index (χ4v) is 2.85. The van der Waals surface area contributed by atoms with Crippen molar-refractivity contribution < 1.29 is 4.74 Å². The maximum absolute atomic E-state index is 8.31. The predicted molar refractivity (Wildman–Crippen MR) is 133 cm³/mol. The molecule has 0 aliphatic heterocycles. The first-order chi connectivity index (χ1) is 14.8. The molecule has 162 valence electrons. The lowest BCUT2D eigenvalue weighted by Crippen LogP contribution is -2.03. The molecule has 0 saturated carbocycles. The summed E-state index contributed by atoms with van der Waals surface area (Å²) in [5, 5.41) is 9.16. The zero-order chi connectivity index (χ0) is 22.8. The molecule has 0 saturated heterocycles. The molecule has 0 spiro atoms. The number of nitrogens with two attached hydrogens (primary N) is 2. The number of thioether (sulfide) groups is 1. The van der Waals surface area contributed by atoms with Gasteiger partial charge in [0.05, 0.1) is 15.8 Å². The molecule has 0 amide bonds. The molecule has 0 unspecified atom stereocenters. The van der Waals surface area contributed by atoms with Crippen LogP contribution in [0.1, 0.15) is 16.7 Å². The van der Waals surface area contributed by atoms with Gasteiger partial charge in [0.15, 0.2) is 0 Å².